The van der Waals surface area contributed by atoms with E-state index in [4.69, 9.17) is 23.2 Å². The second kappa shape index (κ2) is 6.38. The molecule has 0 aliphatic rings. The molecule has 0 spiro atoms. The molecule has 1 N–H and O–H groups in total. The molecule has 2 aromatic rings. The van der Waals surface area contributed by atoms with Crippen LogP contribution in [0.25, 0.3) is 0 Å². The van der Waals surface area contributed by atoms with Crippen molar-refractivity contribution >= 4 is 23.2 Å². The lowest BCUT2D eigenvalue weighted by Gasteiger charge is -2.24. The molecule has 2 nitrogen and oxygen atoms in total. The molecule has 2 atom stereocenters. The summed E-state index contributed by atoms with van der Waals surface area (Å²) in [4.78, 5) is 4.05. The standard InChI is InChI=1S/C15H16Cl2N2/c1-10(11-3-5-19-6-4-11)15(18-2)12-7-13(16)9-14(17)8-12/h3-10,15,18H,1-2H3. The molecule has 0 saturated carbocycles. The third-order valence-electron chi connectivity index (χ3n) is 3.29. The van der Waals surface area contributed by atoms with E-state index in [1.54, 1.807) is 6.07 Å². The number of likely N-dealkylation sites (N-methyl/N-ethyl adjacent to an activating group) is 1. The van der Waals surface area contributed by atoms with E-state index in [0.717, 1.165) is 5.56 Å². The van der Waals surface area contributed by atoms with Crippen LogP contribution >= 0.6 is 23.2 Å². The third-order valence-corrected chi connectivity index (χ3v) is 3.72. The van der Waals surface area contributed by atoms with E-state index in [2.05, 4.69) is 17.2 Å². The van der Waals surface area contributed by atoms with Crippen molar-refractivity contribution in [2.75, 3.05) is 7.05 Å². The van der Waals surface area contributed by atoms with Crippen LogP contribution in [0.3, 0.4) is 0 Å². The Kier molecular flexibility index (Phi) is 4.81. The van der Waals surface area contributed by atoms with Gasteiger partial charge in [0, 0.05) is 34.4 Å². The lowest BCUT2D eigenvalue weighted by molar-refractivity contribution is 0.507. The summed E-state index contributed by atoms with van der Waals surface area (Å²) in [7, 11) is 1.94. The van der Waals surface area contributed by atoms with Gasteiger partial charge in [-0.15, -0.1) is 0 Å². The molecule has 0 saturated heterocycles. The average molecular weight is 295 g/mol. The highest BCUT2D eigenvalue weighted by atomic mass is 35.5. The number of nitrogens with zero attached hydrogens (tertiary/aromatic N) is 1. The van der Waals surface area contributed by atoms with E-state index in [1.807, 2.05) is 43.7 Å². The second-order valence-corrected chi connectivity index (χ2v) is 5.41. The van der Waals surface area contributed by atoms with Gasteiger partial charge in [-0.1, -0.05) is 30.1 Å². The number of nitrogens with one attached hydrogen (secondary N) is 1. The fraction of sp³-hybridized carbons (Fsp3) is 0.267. The Morgan fingerprint density at radius 3 is 2.11 bits per heavy atom. The maximum absolute atomic E-state index is 6.08. The van der Waals surface area contributed by atoms with Crippen LogP contribution in [0.5, 0.6) is 0 Å². The number of benzene rings is 1. The summed E-state index contributed by atoms with van der Waals surface area (Å²) >= 11 is 12.2. The van der Waals surface area contributed by atoms with Gasteiger partial charge in [-0.05, 0) is 48.5 Å². The van der Waals surface area contributed by atoms with Crippen LogP contribution in [0.2, 0.25) is 10.0 Å². The molecule has 19 heavy (non-hydrogen) atoms. The van der Waals surface area contributed by atoms with Gasteiger partial charge in [0.2, 0.25) is 0 Å². The van der Waals surface area contributed by atoms with Gasteiger partial charge in [0.25, 0.3) is 0 Å². The fourth-order valence-corrected chi connectivity index (χ4v) is 2.86. The van der Waals surface area contributed by atoms with Crippen molar-refractivity contribution in [2.45, 2.75) is 18.9 Å². The highest BCUT2D eigenvalue weighted by Gasteiger charge is 2.19. The maximum atomic E-state index is 6.08. The zero-order chi connectivity index (χ0) is 13.8. The molecule has 1 aromatic heterocycles. The van der Waals surface area contributed by atoms with Gasteiger partial charge in [0.05, 0.1) is 0 Å². The predicted molar refractivity (Wildman–Crippen MR) is 80.9 cm³/mol. The molecule has 1 aromatic carbocycles. The predicted octanol–water partition coefficient (Wildman–Crippen LogP) is 4.45. The Labute approximate surface area is 123 Å². The first-order valence-electron chi connectivity index (χ1n) is 6.15. The van der Waals surface area contributed by atoms with Crippen molar-refractivity contribution in [3.63, 3.8) is 0 Å². The number of hydrogen-bond acceptors (Lipinski definition) is 2. The van der Waals surface area contributed by atoms with E-state index >= 15 is 0 Å². The zero-order valence-corrected chi connectivity index (χ0v) is 12.4. The normalized spacial score (nSPS) is 14.1. The van der Waals surface area contributed by atoms with E-state index in [1.165, 1.54) is 5.56 Å². The van der Waals surface area contributed by atoms with E-state index < -0.39 is 0 Å². The Morgan fingerprint density at radius 2 is 1.58 bits per heavy atom. The maximum Gasteiger partial charge on any atom is 0.0424 e. The molecule has 4 heteroatoms. The van der Waals surface area contributed by atoms with E-state index in [9.17, 15) is 0 Å². The smallest absolute Gasteiger partial charge is 0.0424 e. The molecule has 0 radical (unpaired) electrons. The van der Waals surface area contributed by atoms with Gasteiger partial charge in [0.15, 0.2) is 0 Å². The fourth-order valence-electron chi connectivity index (χ4n) is 2.32. The van der Waals surface area contributed by atoms with Crippen molar-refractivity contribution in [1.29, 1.82) is 0 Å². The van der Waals surface area contributed by atoms with E-state index in [-0.39, 0.29) is 6.04 Å². The molecule has 0 bridgehead atoms. The lowest BCUT2D eigenvalue weighted by Crippen LogP contribution is -2.22. The third kappa shape index (κ3) is 3.47. The molecule has 2 rings (SSSR count). The van der Waals surface area contributed by atoms with Crippen LogP contribution in [-0.4, -0.2) is 12.0 Å². The van der Waals surface area contributed by atoms with Gasteiger partial charge < -0.3 is 5.32 Å². The average Bonchev–Trinajstić information content (AvgIpc) is 2.39. The van der Waals surface area contributed by atoms with Crippen molar-refractivity contribution in [2.24, 2.45) is 0 Å². The number of pyridine rings is 1. The Bertz CT molecular complexity index is 523. The summed E-state index contributed by atoms with van der Waals surface area (Å²) in [5.41, 5.74) is 2.31. The van der Waals surface area contributed by atoms with Crippen LogP contribution in [0.1, 0.15) is 30.0 Å². The number of aromatic nitrogens is 1. The first-order chi connectivity index (χ1) is 9.11. The van der Waals surface area contributed by atoms with Crippen LogP contribution in [0, 0.1) is 0 Å². The summed E-state index contributed by atoms with van der Waals surface area (Å²) in [5.74, 6) is 0.294. The first-order valence-corrected chi connectivity index (χ1v) is 6.90. The Balaban J connectivity index is 2.34. The Morgan fingerprint density at radius 1 is 1.00 bits per heavy atom. The highest BCUT2D eigenvalue weighted by molar-refractivity contribution is 6.34. The van der Waals surface area contributed by atoms with Crippen molar-refractivity contribution < 1.29 is 0 Å². The van der Waals surface area contributed by atoms with Gasteiger partial charge in [-0.3, -0.25) is 4.98 Å². The van der Waals surface area contributed by atoms with Crippen LogP contribution in [0.15, 0.2) is 42.7 Å². The SMILES string of the molecule is CNC(c1cc(Cl)cc(Cl)c1)C(C)c1ccncc1. The highest BCUT2D eigenvalue weighted by Crippen LogP contribution is 2.32. The van der Waals surface area contributed by atoms with Crippen LogP contribution in [0.4, 0.5) is 0 Å². The first kappa shape index (κ1) is 14.3. The molecule has 0 aliphatic heterocycles. The largest absolute Gasteiger partial charge is 0.312 e. The van der Waals surface area contributed by atoms with Gasteiger partial charge in [-0.2, -0.15) is 0 Å². The summed E-state index contributed by atoms with van der Waals surface area (Å²) < 4.78 is 0. The van der Waals surface area contributed by atoms with Gasteiger partial charge in [-0.25, -0.2) is 0 Å². The van der Waals surface area contributed by atoms with Crippen molar-refractivity contribution in [3.05, 3.63) is 63.9 Å². The minimum Gasteiger partial charge on any atom is -0.312 e. The monoisotopic (exact) mass is 294 g/mol. The number of rotatable bonds is 4. The molecular weight excluding hydrogens is 279 g/mol. The second-order valence-electron chi connectivity index (χ2n) is 4.54. The topological polar surface area (TPSA) is 24.9 Å². The molecule has 0 amide bonds. The summed E-state index contributed by atoms with van der Waals surface area (Å²) in [6.45, 7) is 2.17. The minimum atomic E-state index is 0.151. The molecule has 0 aliphatic carbocycles. The van der Waals surface area contributed by atoms with E-state index in [0.29, 0.717) is 16.0 Å². The molecule has 1 heterocycles. The summed E-state index contributed by atoms with van der Waals surface area (Å²) in [6.07, 6.45) is 3.62. The van der Waals surface area contributed by atoms with Crippen LogP contribution < -0.4 is 5.32 Å². The zero-order valence-electron chi connectivity index (χ0n) is 10.9. The number of hydrogen-bond donors (Lipinski definition) is 1. The quantitative estimate of drug-likeness (QED) is 0.901. The van der Waals surface area contributed by atoms with Crippen molar-refractivity contribution in [3.8, 4) is 0 Å². The van der Waals surface area contributed by atoms with Crippen molar-refractivity contribution in [1.82, 2.24) is 10.3 Å². The molecule has 100 valence electrons. The van der Waals surface area contributed by atoms with Gasteiger partial charge >= 0.3 is 0 Å². The summed E-state index contributed by atoms with van der Waals surface area (Å²) in [5, 5.41) is 4.65. The summed E-state index contributed by atoms with van der Waals surface area (Å²) in [6, 6.07) is 9.86. The molecule has 0 fully saturated rings. The van der Waals surface area contributed by atoms with Gasteiger partial charge in [0.1, 0.15) is 0 Å². The minimum absolute atomic E-state index is 0.151. The van der Waals surface area contributed by atoms with Crippen LogP contribution in [-0.2, 0) is 0 Å². The molecule has 2 unspecified atom stereocenters. The lowest BCUT2D eigenvalue weighted by atomic mass is 9.89. The molecular formula is C15H16Cl2N2. The Hall–Kier alpha value is -1.09. The number of halogens is 2.